The van der Waals surface area contributed by atoms with Crippen LogP contribution in [0.1, 0.15) is 37.7 Å². The van der Waals surface area contributed by atoms with Crippen LogP contribution in [0.2, 0.25) is 0 Å². The van der Waals surface area contributed by atoms with Crippen molar-refractivity contribution in [3.63, 3.8) is 0 Å². The van der Waals surface area contributed by atoms with Crippen molar-refractivity contribution in [2.75, 3.05) is 60.0 Å². The number of amides is 2. The summed E-state index contributed by atoms with van der Waals surface area (Å²) in [4.78, 5) is 32.0. The number of methoxy groups -OCH3 is 2. The molecule has 1 fully saturated rings. The summed E-state index contributed by atoms with van der Waals surface area (Å²) < 4.78 is 16.2. The third-order valence-corrected chi connectivity index (χ3v) is 6.04. The maximum Gasteiger partial charge on any atom is 0.276 e. The molecule has 1 aromatic carbocycles. The van der Waals surface area contributed by atoms with Gasteiger partial charge in [0.1, 0.15) is 11.5 Å². The van der Waals surface area contributed by atoms with Crippen LogP contribution in [0.5, 0.6) is 11.5 Å². The van der Waals surface area contributed by atoms with Gasteiger partial charge in [-0.25, -0.2) is 0 Å². The second-order valence-electron chi connectivity index (χ2n) is 8.85. The van der Waals surface area contributed by atoms with E-state index in [2.05, 4.69) is 17.0 Å². The highest BCUT2D eigenvalue weighted by Gasteiger charge is 2.25. The zero-order valence-corrected chi connectivity index (χ0v) is 20.9. The van der Waals surface area contributed by atoms with Gasteiger partial charge in [-0.05, 0) is 30.7 Å². The molecular formula is C25H36N4O5. The molecular weight excluding hydrogens is 436 g/mol. The number of likely N-dealkylation sites (N-methyl/N-ethyl adjacent to an activating group) is 1. The molecule has 9 heteroatoms. The van der Waals surface area contributed by atoms with Gasteiger partial charge < -0.3 is 28.7 Å². The number of carbonyl (C=O) groups is 2. The minimum absolute atomic E-state index is 0.0827. The fraction of sp³-hybridized carbons (Fsp3) is 0.560. The highest BCUT2D eigenvalue weighted by molar-refractivity contribution is 5.93. The minimum atomic E-state index is -0.255. The number of benzene rings is 1. The maximum atomic E-state index is 13.3. The van der Waals surface area contributed by atoms with Crippen LogP contribution in [0.25, 0.3) is 11.3 Å². The van der Waals surface area contributed by atoms with Crippen LogP contribution in [0.15, 0.2) is 28.8 Å². The van der Waals surface area contributed by atoms with Crippen LogP contribution in [-0.2, 0) is 4.79 Å². The van der Waals surface area contributed by atoms with Crippen molar-refractivity contribution >= 4 is 11.8 Å². The molecule has 0 atom stereocenters. The van der Waals surface area contributed by atoms with E-state index >= 15 is 0 Å². The summed E-state index contributed by atoms with van der Waals surface area (Å²) in [6.07, 6.45) is 0.291. The van der Waals surface area contributed by atoms with Crippen molar-refractivity contribution in [3.8, 4) is 22.8 Å². The largest absolute Gasteiger partial charge is 0.497 e. The Bertz CT molecular complexity index is 966. The van der Waals surface area contributed by atoms with Gasteiger partial charge in [0.05, 0.1) is 19.8 Å². The van der Waals surface area contributed by atoms with E-state index in [1.165, 1.54) is 0 Å². The van der Waals surface area contributed by atoms with E-state index in [0.717, 1.165) is 32.7 Å². The van der Waals surface area contributed by atoms with Crippen LogP contribution in [0.3, 0.4) is 0 Å². The average molecular weight is 473 g/mol. The molecule has 9 nitrogen and oxygen atoms in total. The van der Waals surface area contributed by atoms with Crippen molar-refractivity contribution in [2.24, 2.45) is 5.92 Å². The maximum absolute atomic E-state index is 13.3. The van der Waals surface area contributed by atoms with Gasteiger partial charge in [-0.2, -0.15) is 0 Å². The molecule has 2 amide bonds. The van der Waals surface area contributed by atoms with Gasteiger partial charge in [-0.3, -0.25) is 9.59 Å². The Morgan fingerprint density at radius 2 is 1.85 bits per heavy atom. The van der Waals surface area contributed by atoms with E-state index in [1.54, 1.807) is 43.4 Å². The monoisotopic (exact) mass is 472 g/mol. The second-order valence-corrected chi connectivity index (χ2v) is 8.85. The van der Waals surface area contributed by atoms with E-state index in [1.807, 2.05) is 18.7 Å². The van der Waals surface area contributed by atoms with E-state index in [4.69, 9.17) is 14.0 Å². The van der Waals surface area contributed by atoms with Crippen LogP contribution in [0, 0.1) is 5.92 Å². The predicted molar refractivity (Wildman–Crippen MR) is 129 cm³/mol. The Kier molecular flexibility index (Phi) is 8.92. The summed E-state index contributed by atoms with van der Waals surface area (Å²) in [5, 5.41) is 4.02. The van der Waals surface area contributed by atoms with Crippen molar-refractivity contribution in [2.45, 2.75) is 27.2 Å². The van der Waals surface area contributed by atoms with Gasteiger partial charge in [0.25, 0.3) is 5.91 Å². The molecule has 1 aromatic heterocycles. The van der Waals surface area contributed by atoms with Crippen LogP contribution in [-0.4, -0.2) is 91.7 Å². The molecule has 1 aliphatic rings. The Morgan fingerprint density at radius 3 is 2.47 bits per heavy atom. The lowest BCUT2D eigenvalue weighted by molar-refractivity contribution is -0.133. The normalized spacial score (nSPS) is 14.4. The lowest BCUT2D eigenvalue weighted by Gasteiger charge is -2.34. The van der Waals surface area contributed by atoms with Gasteiger partial charge in [-0.15, -0.1) is 0 Å². The summed E-state index contributed by atoms with van der Waals surface area (Å²) >= 11 is 0. The molecule has 1 saturated heterocycles. The standard InChI is InChI=1S/C25H36N4O5/c1-6-27-11-13-28(14-12-27)24(30)9-10-29(17-18(2)3)25(31)21-16-23(34-26-21)20-15-19(32-4)7-8-22(20)33-5/h7-8,15-16,18H,6,9-14,17H2,1-5H3. The average Bonchev–Trinajstić information content (AvgIpc) is 3.35. The number of hydrogen-bond acceptors (Lipinski definition) is 7. The molecule has 186 valence electrons. The SMILES string of the molecule is CCN1CCN(C(=O)CCN(CC(C)C)C(=O)c2cc(-c3cc(OC)ccc3OC)on2)CC1. The Balaban J connectivity index is 1.70. The van der Waals surface area contributed by atoms with E-state index in [9.17, 15) is 9.59 Å². The smallest absolute Gasteiger partial charge is 0.276 e. The second kappa shape index (κ2) is 11.9. The first-order chi connectivity index (χ1) is 16.4. The first kappa shape index (κ1) is 25.6. The number of rotatable bonds is 10. The molecule has 0 aliphatic carbocycles. The number of carbonyl (C=O) groups excluding carboxylic acids is 2. The van der Waals surface area contributed by atoms with Crippen LogP contribution < -0.4 is 9.47 Å². The molecule has 0 radical (unpaired) electrons. The quantitative estimate of drug-likeness (QED) is 0.525. The molecule has 3 rings (SSSR count). The zero-order chi connectivity index (χ0) is 24.7. The minimum Gasteiger partial charge on any atom is -0.497 e. The van der Waals surface area contributed by atoms with Gasteiger partial charge in [0, 0.05) is 51.8 Å². The summed E-state index contributed by atoms with van der Waals surface area (Å²) in [6.45, 7) is 11.3. The fourth-order valence-corrected chi connectivity index (χ4v) is 4.09. The lowest BCUT2D eigenvalue weighted by Crippen LogP contribution is -2.49. The fourth-order valence-electron chi connectivity index (χ4n) is 4.09. The summed E-state index contributed by atoms with van der Waals surface area (Å²) in [7, 11) is 3.15. The molecule has 0 saturated carbocycles. The Labute approximate surface area is 201 Å². The molecule has 34 heavy (non-hydrogen) atoms. The number of nitrogens with zero attached hydrogens (tertiary/aromatic N) is 4. The third-order valence-electron chi connectivity index (χ3n) is 6.04. The van der Waals surface area contributed by atoms with Crippen molar-refractivity contribution in [1.29, 1.82) is 0 Å². The molecule has 2 aromatic rings. The highest BCUT2D eigenvalue weighted by Crippen LogP contribution is 2.34. The zero-order valence-electron chi connectivity index (χ0n) is 20.9. The molecule has 0 unspecified atom stereocenters. The summed E-state index contributed by atoms with van der Waals surface area (Å²) in [5.74, 6) is 1.71. The molecule has 0 N–H and O–H groups in total. The van der Waals surface area contributed by atoms with E-state index < -0.39 is 0 Å². The van der Waals surface area contributed by atoms with E-state index in [-0.39, 0.29) is 23.4 Å². The van der Waals surface area contributed by atoms with Gasteiger partial charge >= 0.3 is 0 Å². The third kappa shape index (κ3) is 6.28. The first-order valence-corrected chi connectivity index (χ1v) is 11.8. The van der Waals surface area contributed by atoms with Crippen LogP contribution in [0.4, 0.5) is 0 Å². The van der Waals surface area contributed by atoms with Crippen LogP contribution >= 0.6 is 0 Å². The molecule has 0 spiro atoms. The Morgan fingerprint density at radius 1 is 1.12 bits per heavy atom. The predicted octanol–water partition coefficient (Wildman–Crippen LogP) is 3.01. The van der Waals surface area contributed by atoms with Gasteiger partial charge in [0.15, 0.2) is 11.5 Å². The summed E-state index contributed by atoms with van der Waals surface area (Å²) in [6, 6.07) is 6.94. The van der Waals surface area contributed by atoms with Crippen molar-refractivity contribution in [1.82, 2.24) is 19.9 Å². The van der Waals surface area contributed by atoms with Crippen molar-refractivity contribution < 1.29 is 23.6 Å². The van der Waals surface area contributed by atoms with E-state index in [0.29, 0.717) is 42.3 Å². The molecule has 0 bridgehead atoms. The van der Waals surface area contributed by atoms with Gasteiger partial charge in [-0.1, -0.05) is 25.9 Å². The first-order valence-electron chi connectivity index (χ1n) is 11.8. The van der Waals surface area contributed by atoms with Crippen molar-refractivity contribution in [3.05, 3.63) is 30.0 Å². The number of aromatic nitrogens is 1. The number of piperazine rings is 1. The number of hydrogen-bond donors (Lipinski definition) is 0. The molecule has 1 aliphatic heterocycles. The molecule has 2 heterocycles. The number of ether oxygens (including phenoxy) is 2. The summed E-state index contributed by atoms with van der Waals surface area (Å²) in [5.41, 5.74) is 0.842. The van der Waals surface area contributed by atoms with Gasteiger partial charge in [0.2, 0.25) is 5.91 Å². The lowest BCUT2D eigenvalue weighted by atomic mass is 10.1. The Hall–Kier alpha value is -3.07. The highest BCUT2D eigenvalue weighted by atomic mass is 16.5. The topological polar surface area (TPSA) is 88.4 Å².